The maximum Gasteiger partial charge on any atom is 0.241 e. The van der Waals surface area contributed by atoms with Crippen molar-refractivity contribution in [3.05, 3.63) is 54.0 Å². The molecule has 0 spiro atoms. The molecule has 0 N–H and O–H groups in total. The van der Waals surface area contributed by atoms with Crippen LogP contribution in [0.4, 0.5) is 0 Å². The van der Waals surface area contributed by atoms with E-state index >= 15 is 0 Å². The number of aromatic nitrogens is 3. The van der Waals surface area contributed by atoms with Crippen molar-refractivity contribution in [3.63, 3.8) is 0 Å². The van der Waals surface area contributed by atoms with Crippen LogP contribution in [-0.2, 0) is 32.0 Å². The summed E-state index contributed by atoms with van der Waals surface area (Å²) >= 11 is 0. The standard InChI is InChI=1S/C33H50N4O5Si/c1-10-11-17-37-25(20-40-43(8,9)32(2,3)4)29-30(42-33(5,6)41-29)27(37)24-18-36(22-39-19-23-15-13-12-14-16-23)28-26(24)34-21-35-31(28)38-7/h12-16,18,21,25,27,29-30H,10-11,17,19-20,22H2,1-9H3/t25-,27+,29-,30+/m1/s1. The predicted octanol–water partition coefficient (Wildman–Crippen LogP) is 6.68. The Hall–Kier alpha value is -2.34. The first-order valence-corrected chi connectivity index (χ1v) is 18.5. The monoisotopic (exact) mass is 610 g/mol. The van der Waals surface area contributed by atoms with Gasteiger partial charge in [0.25, 0.3) is 0 Å². The number of hydrogen-bond donors (Lipinski definition) is 0. The normalized spacial score (nSPS) is 24.1. The van der Waals surface area contributed by atoms with Gasteiger partial charge in [0.1, 0.15) is 36.3 Å². The summed E-state index contributed by atoms with van der Waals surface area (Å²) in [6.45, 7) is 20.1. The molecule has 3 aromatic rings. The van der Waals surface area contributed by atoms with Crippen LogP contribution in [0, 0.1) is 0 Å². The zero-order valence-electron chi connectivity index (χ0n) is 27.4. The Morgan fingerprint density at radius 3 is 2.44 bits per heavy atom. The molecule has 0 radical (unpaired) electrons. The second kappa shape index (κ2) is 12.6. The average molecular weight is 611 g/mol. The van der Waals surface area contributed by atoms with E-state index in [2.05, 4.69) is 73.6 Å². The van der Waals surface area contributed by atoms with Gasteiger partial charge in [-0.05, 0) is 50.5 Å². The summed E-state index contributed by atoms with van der Waals surface area (Å²) in [6, 6.07) is 10.2. The highest BCUT2D eigenvalue weighted by Crippen LogP contribution is 2.49. The quantitative estimate of drug-likeness (QED) is 0.210. The minimum atomic E-state index is -1.99. The number of fused-ring (bicyclic) bond motifs is 2. The Morgan fingerprint density at radius 2 is 1.77 bits per heavy atom. The van der Waals surface area contributed by atoms with Crippen LogP contribution in [0.15, 0.2) is 42.9 Å². The van der Waals surface area contributed by atoms with E-state index < -0.39 is 14.1 Å². The van der Waals surface area contributed by atoms with E-state index in [4.69, 9.17) is 28.4 Å². The van der Waals surface area contributed by atoms with Gasteiger partial charge in [-0.15, -0.1) is 0 Å². The minimum absolute atomic E-state index is 0.0499. The molecule has 2 aromatic heterocycles. The van der Waals surface area contributed by atoms with Crippen molar-refractivity contribution in [1.29, 1.82) is 0 Å². The minimum Gasteiger partial charge on any atom is -0.479 e. The molecule has 0 amide bonds. The number of likely N-dealkylation sites (tertiary alicyclic amines) is 1. The fraction of sp³-hybridized carbons (Fsp3) is 0.636. The first kappa shape index (κ1) is 32.1. The van der Waals surface area contributed by atoms with Crippen LogP contribution in [0.2, 0.25) is 18.1 Å². The van der Waals surface area contributed by atoms with Gasteiger partial charge in [-0.25, -0.2) is 4.98 Å². The summed E-state index contributed by atoms with van der Waals surface area (Å²) in [5.41, 5.74) is 3.86. The molecule has 0 unspecified atom stereocenters. The third-order valence-electron chi connectivity index (χ3n) is 9.33. The summed E-state index contributed by atoms with van der Waals surface area (Å²) < 4.78 is 34.2. The van der Waals surface area contributed by atoms with Crippen molar-refractivity contribution in [2.45, 2.75) is 116 Å². The maximum atomic E-state index is 6.86. The van der Waals surface area contributed by atoms with Crippen molar-refractivity contribution < 1.29 is 23.4 Å². The molecule has 236 valence electrons. The summed E-state index contributed by atoms with van der Waals surface area (Å²) in [7, 11) is -0.344. The van der Waals surface area contributed by atoms with Gasteiger partial charge in [0, 0.05) is 11.8 Å². The molecule has 10 heteroatoms. The largest absolute Gasteiger partial charge is 0.479 e. The second-order valence-corrected chi connectivity index (χ2v) is 18.6. The first-order chi connectivity index (χ1) is 20.4. The molecule has 2 aliphatic rings. The van der Waals surface area contributed by atoms with Crippen molar-refractivity contribution in [2.24, 2.45) is 0 Å². The SMILES string of the molecule is CCCCN1[C@H](CO[Si](C)(C)C(C)(C)C)[C@H]2OC(C)(C)O[C@H]2[C@@H]1c1cn(COCc2ccccc2)c2c(OC)ncnc12. The summed E-state index contributed by atoms with van der Waals surface area (Å²) in [5.74, 6) is -0.167. The summed E-state index contributed by atoms with van der Waals surface area (Å²) in [4.78, 5) is 11.8. The summed E-state index contributed by atoms with van der Waals surface area (Å²) in [6.07, 6.45) is 5.58. The lowest BCUT2D eigenvalue weighted by Gasteiger charge is -2.39. The molecule has 4 heterocycles. The molecule has 2 saturated heterocycles. The Bertz CT molecular complexity index is 1370. The lowest BCUT2D eigenvalue weighted by Crippen LogP contribution is -2.48. The fourth-order valence-corrected chi connectivity index (χ4v) is 7.10. The zero-order chi connectivity index (χ0) is 31.0. The number of rotatable bonds is 12. The van der Waals surface area contributed by atoms with E-state index in [9.17, 15) is 0 Å². The highest BCUT2D eigenvalue weighted by Gasteiger charge is 2.59. The molecular weight excluding hydrogens is 560 g/mol. The van der Waals surface area contributed by atoms with E-state index in [1.165, 1.54) is 0 Å². The zero-order valence-corrected chi connectivity index (χ0v) is 28.4. The number of benzene rings is 1. The first-order valence-electron chi connectivity index (χ1n) is 15.6. The molecule has 43 heavy (non-hydrogen) atoms. The maximum absolute atomic E-state index is 6.86. The van der Waals surface area contributed by atoms with Crippen LogP contribution >= 0.6 is 0 Å². The molecule has 2 fully saturated rings. The molecule has 4 atom stereocenters. The van der Waals surface area contributed by atoms with E-state index in [1.54, 1.807) is 13.4 Å². The smallest absolute Gasteiger partial charge is 0.241 e. The predicted molar refractivity (Wildman–Crippen MR) is 170 cm³/mol. The van der Waals surface area contributed by atoms with Crippen molar-refractivity contribution in [3.8, 4) is 5.88 Å². The van der Waals surface area contributed by atoms with E-state index in [1.807, 2.05) is 32.0 Å². The Balaban J connectivity index is 1.54. The molecule has 0 aliphatic carbocycles. The van der Waals surface area contributed by atoms with E-state index in [0.717, 1.165) is 41.5 Å². The van der Waals surface area contributed by atoms with Gasteiger partial charge in [-0.3, -0.25) is 4.90 Å². The van der Waals surface area contributed by atoms with Crippen LogP contribution < -0.4 is 4.74 Å². The number of unbranched alkanes of at least 4 members (excludes halogenated alkanes) is 1. The van der Waals surface area contributed by atoms with Gasteiger partial charge >= 0.3 is 0 Å². The van der Waals surface area contributed by atoms with Crippen molar-refractivity contribution in [2.75, 3.05) is 20.3 Å². The molecule has 1 aromatic carbocycles. The van der Waals surface area contributed by atoms with E-state index in [-0.39, 0.29) is 29.3 Å². The van der Waals surface area contributed by atoms with Gasteiger partial charge in [0.05, 0.1) is 32.4 Å². The lowest BCUT2D eigenvalue weighted by molar-refractivity contribution is -0.170. The second-order valence-electron chi connectivity index (χ2n) is 13.8. The average Bonchev–Trinajstić information content (AvgIpc) is 3.56. The molecule has 5 rings (SSSR count). The van der Waals surface area contributed by atoms with Gasteiger partial charge < -0.3 is 27.9 Å². The third-order valence-corrected chi connectivity index (χ3v) is 13.8. The van der Waals surface area contributed by atoms with Crippen LogP contribution in [0.5, 0.6) is 5.88 Å². The Morgan fingerprint density at radius 1 is 1.05 bits per heavy atom. The number of nitrogens with zero attached hydrogens (tertiary/aromatic N) is 4. The van der Waals surface area contributed by atoms with Crippen molar-refractivity contribution in [1.82, 2.24) is 19.4 Å². The van der Waals surface area contributed by atoms with Crippen molar-refractivity contribution >= 4 is 19.4 Å². The van der Waals surface area contributed by atoms with Gasteiger partial charge in [0.15, 0.2) is 14.1 Å². The molecule has 0 saturated carbocycles. The topological polar surface area (TPSA) is 80.1 Å². The van der Waals surface area contributed by atoms with Crippen LogP contribution in [0.25, 0.3) is 11.0 Å². The fourth-order valence-electron chi connectivity index (χ4n) is 6.07. The molecular formula is C33H50N4O5Si. The third kappa shape index (κ3) is 6.55. The Labute approximate surface area is 258 Å². The molecule has 2 aliphatic heterocycles. The number of methoxy groups -OCH3 is 1. The molecule has 0 bridgehead atoms. The number of hydrogen-bond acceptors (Lipinski definition) is 8. The van der Waals surface area contributed by atoms with Gasteiger partial charge in [0.2, 0.25) is 5.88 Å². The number of ether oxygens (including phenoxy) is 4. The highest BCUT2D eigenvalue weighted by molar-refractivity contribution is 6.74. The summed E-state index contributed by atoms with van der Waals surface area (Å²) in [5, 5.41) is 0.117. The lowest BCUT2D eigenvalue weighted by atomic mass is 10.0. The van der Waals surface area contributed by atoms with E-state index in [0.29, 0.717) is 25.8 Å². The van der Waals surface area contributed by atoms with Crippen LogP contribution in [0.1, 0.15) is 71.6 Å². The van der Waals surface area contributed by atoms with Gasteiger partial charge in [-0.1, -0.05) is 64.4 Å². The molecule has 9 nitrogen and oxygen atoms in total. The van der Waals surface area contributed by atoms with Gasteiger partial charge in [-0.2, -0.15) is 4.98 Å². The van der Waals surface area contributed by atoms with Crippen LogP contribution in [-0.4, -0.2) is 72.1 Å². The van der Waals surface area contributed by atoms with Crippen LogP contribution in [0.3, 0.4) is 0 Å². The highest BCUT2D eigenvalue weighted by atomic mass is 28.4. The Kier molecular flexibility index (Phi) is 9.37.